The van der Waals surface area contributed by atoms with Gasteiger partial charge in [-0.15, -0.1) is 0 Å². The summed E-state index contributed by atoms with van der Waals surface area (Å²) in [7, 11) is 0. The monoisotopic (exact) mass is 593 g/mol. The van der Waals surface area contributed by atoms with Gasteiger partial charge < -0.3 is 9.80 Å². The molecule has 1 atom stereocenters. The van der Waals surface area contributed by atoms with Gasteiger partial charge in [-0.05, 0) is 59.4 Å². The number of aromatic nitrogens is 3. The van der Waals surface area contributed by atoms with Crippen molar-refractivity contribution in [3.8, 4) is 11.4 Å². The van der Waals surface area contributed by atoms with Crippen molar-refractivity contribution in [2.24, 2.45) is 0 Å². The fraction of sp³-hybridized carbons (Fsp3) is 0.184. The first-order valence-electron chi connectivity index (χ1n) is 15.2. The predicted molar refractivity (Wildman–Crippen MR) is 176 cm³/mol. The third-order valence-corrected chi connectivity index (χ3v) is 8.14. The van der Waals surface area contributed by atoms with Crippen molar-refractivity contribution in [2.45, 2.75) is 38.9 Å². The molecule has 0 radical (unpaired) electrons. The summed E-state index contributed by atoms with van der Waals surface area (Å²) in [4.78, 5) is 45.3. The van der Waals surface area contributed by atoms with E-state index in [9.17, 15) is 9.59 Å². The van der Waals surface area contributed by atoms with Gasteiger partial charge in [-0.3, -0.25) is 14.6 Å². The maximum Gasteiger partial charge on any atom is 0.247 e. The van der Waals surface area contributed by atoms with Gasteiger partial charge in [0, 0.05) is 62.0 Å². The fourth-order valence-corrected chi connectivity index (χ4v) is 5.65. The lowest BCUT2D eigenvalue weighted by atomic mass is 9.97. The summed E-state index contributed by atoms with van der Waals surface area (Å²) in [6.45, 7) is 3.33. The summed E-state index contributed by atoms with van der Waals surface area (Å²) >= 11 is 0. The zero-order valence-corrected chi connectivity index (χ0v) is 25.3. The van der Waals surface area contributed by atoms with E-state index in [-0.39, 0.29) is 18.4 Å². The Labute approximate surface area is 263 Å². The zero-order valence-electron chi connectivity index (χ0n) is 25.3. The molecule has 0 saturated heterocycles. The Balaban J connectivity index is 1.34. The summed E-state index contributed by atoms with van der Waals surface area (Å²) in [6.07, 6.45) is 9.67. The molecular weight excluding hydrogens is 558 g/mol. The van der Waals surface area contributed by atoms with Crippen molar-refractivity contribution in [2.75, 3.05) is 6.54 Å². The molecule has 2 amide bonds. The average molecular weight is 594 g/mol. The Morgan fingerprint density at radius 2 is 1.56 bits per heavy atom. The van der Waals surface area contributed by atoms with Crippen molar-refractivity contribution >= 4 is 17.9 Å². The van der Waals surface area contributed by atoms with Gasteiger partial charge in [0.05, 0.1) is 0 Å². The van der Waals surface area contributed by atoms with Crippen LogP contribution in [0.5, 0.6) is 0 Å². The Kier molecular flexibility index (Phi) is 9.16. The minimum Gasteiger partial charge on any atom is -0.336 e. The highest BCUT2D eigenvalue weighted by atomic mass is 16.2. The van der Waals surface area contributed by atoms with Crippen molar-refractivity contribution in [3.05, 3.63) is 155 Å². The molecule has 7 heteroatoms. The van der Waals surface area contributed by atoms with Crippen LogP contribution >= 0.6 is 0 Å². The van der Waals surface area contributed by atoms with Crippen molar-refractivity contribution in [1.82, 2.24) is 24.8 Å². The zero-order chi connectivity index (χ0) is 31.0. The number of benzene rings is 3. The Hall–Kier alpha value is -5.43. The van der Waals surface area contributed by atoms with Gasteiger partial charge in [-0.1, -0.05) is 84.9 Å². The van der Waals surface area contributed by atoms with Crippen molar-refractivity contribution in [3.63, 3.8) is 0 Å². The van der Waals surface area contributed by atoms with Crippen LogP contribution in [-0.4, -0.2) is 49.2 Å². The smallest absolute Gasteiger partial charge is 0.247 e. The third kappa shape index (κ3) is 7.39. The third-order valence-electron chi connectivity index (χ3n) is 8.14. The molecule has 0 N–H and O–H groups in total. The van der Waals surface area contributed by atoms with Gasteiger partial charge in [0.2, 0.25) is 11.8 Å². The number of fused-ring (bicyclic) bond motifs is 1. The molecule has 3 heterocycles. The number of carbonyl (C=O) groups is 2. The van der Waals surface area contributed by atoms with E-state index in [1.807, 2.05) is 90.7 Å². The quantitative estimate of drug-likeness (QED) is 0.194. The summed E-state index contributed by atoms with van der Waals surface area (Å²) in [5, 5.41) is 0. The second-order valence-corrected chi connectivity index (χ2v) is 11.3. The van der Waals surface area contributed by atoms with Crippen LogP contribution in [0, 0.1) is 6.92 Å². The van der Waals surface area contributed by atoms with E-state index >= 15 is 0 Å². The first-order valence-corrected chi connectivity index (χ1v) is 15.2. The number of pyridine rings is 1. The molecule has 3 aromatic carbocycles. The molecular formula is C38H35N5O2. The van der Waals surface area contributed by atoms with E-state index in [4.69, 9.17) is 0 Å². The number of amides is 2. The van der Waals surface area contributed by atoms with Crippen LogP contribution in [0.15, 0.2) is 122 Å². The number of nitrogens with zero attached hydrogens (tertiary/aromatic N) is 5. The summed E-state index contributed by atoms with van der Waals surface area (Å²) < 4.78 is 0. The van der Waals surface area contributed by atoms with Gasteiger partial charge in [-0.25, -0.2) is 9.97 Å². The molecule has 0 aliphatic carbocycles. The summed E-state index contributed by atoms with van der Waals surface area (Å²) in [6, 6.07) is 31.0. The minimum atomic E-state index is -0.705. The fourth-order valence-electron chi connectivity index (χ4n) is 5.65. The highest BCUT2D eigenvalue weighted by Crippen LogP contribution is 2.24. The van der Waals surface area contributed by atoms with Crippen LogP contribution in [0.1, 0.15) is 33.5 Å². The molecule has 1 aliphatic rings. The second-order valence-electron chi connectivity index (χ2n) is 11.3. The molecule has 0 saturated carbocycles. The van der Waals surface area contributed by atoms with E-state index in [2.05, 4.69) is 27.1 Å². The number of carbonyl (C=O) groups excluding carboxylic acids is 2. The van der Waals surface area contributed by atoms with E-state index in [1.165, 1.54) is 5.56 Å². The molecule has 0 fully saturated rings. The number of aryl methyl sites for hydroxylation is 1. The van der Waals surface area contributed by atoms with E-state index in [0.717, 1.165) is 39.9 Å². The molecule has 0 bridgehead atoms. The van der Waals surface area contributed by atoms with Crippen LogP contribution in [-0.2, 0) is 35.5 Å². The first kappa shape index (κ1) is 29.6. The first-order chi connectivity index (χ1) is 22.0. The molecule has 45 heavy (non-hydrogen) atoms. The highest BCUT2D eigenvalue weighted by Gasteiger charge is 2.34. The molecule has 0 spiro atoms. The van der Waals surface area contributed by atoms with E-state index in [1.54, 1.807) is 41.7 Å². The maximum atomic E-state index is 14.5. The van der Waals surface area contributed by atoms with Crippen molar-refractivity contribution in [1.29, 1.82) is 0 Å². The lowest BCUT2D eigenvalue weighted by Crippen LogP contribution is -2.52. The topological polar surface area (TPSA) is 79.3 Å². The van der Waals surface area contributed by atoms with Crippen LogP contribution < -0.4 is 0 Å². The van der Waals surface area contributed by atoms with Gasteiger partial charge >= 0.3 is 0 Å². The Bertz CT molecular complexity index is 1770. The second kappa shape index (κ2) is 13.9. The predicted octanol–water partition coefficient (Wildman–Crippen LogP) is 6.09. The number of hydrogen-bond acceptors (Lipinski definition) is 5. The molecule has 5 aromatic rings. The minimum absolute atomic E-state index is 0.0542. The highest BCUT2D eigenvalue weighted by molar-refractivity contribution is 5.95. The standard InChI is InChI=1S/C38H35N5O2/c1-28-12-13-30(25-41-28)16-19-36(44)43(26-31-14-17-33(18-15-31)37-39-21-7-22-40-37)35(24-29-8-3-2-4-9-29)38(45)42-23-20-32-10-5-6-11-34(32)27-42/h2-19,21-22,25,35H,20,23-24,26-27H2,1H3/b19-16+/t35-/m0/s1. The van der Waals surface area contributed by atoms with E-state index in [0.29, 0.717) is 25.3 Å². The molecule has 7 nitrogen and oxygen atoms in total. The van der Waals surface area contributed by atoms with Gasteiger partial charge in [-0.2, -0.15) is 0 Å². The lowest BCUT2D eigenvalue weighted by molar-refractivity contribution is -0.144. The van der Waals surface area contributed by atoms with E-state index < -0.39 is 6.04 Å². The number of hydrogen-bond donors (Lipinski definition) is 0. The molecule has 224 valence electrons. The average Bonchev–Trinajstić information content (AvgIpc) is 3.10. The van der Waals surface area contributed by atoms with Crippen LogP contribution in [0.25, 0.3) is 17.5 Å². The largest absolute Gasteiger partial charge is 0.336 e. The van der Waals surface area contributed by atoms with Gasteiger partial charge in [0.15, 0.2) is 5.82 Å². The lowest BCUT2D eigenvalue weighted by Gasteiger charge is -2.37. The van der Waals surface area contributed by atoms with Crippen molar-refractivity contribution < 1.29 is 9.59 Å². The summed E-state index contributed by atoms with van der Waals surface area (Å²) in [5.74, 6) is 0.341. The van der Waals surface area contributed by atoms with Crippen LogP contribution in [0.4, 0.5) is 0 Å². The maximum absolute atomic E-state index is 14.5. The Morgan fingerprint density at radius 3 is 2.29 bits per heavy atom. The molecule has 0 unspecified atom stereocenters. The SMILES string of the molecule is Cc1ccc(/C=C/C(=O)N(Cc2ccc(-c3ncccn3)cc2)[C@@H](Cc2ccccc2)C(=O)N2CCc3ccccc3C2)cn1. The van der Waals surface area contributed by atoms with Crippen LogP contribution in [0.2, 0.25) is 0 Å². The number of rotatable bonds is 9. The molecule has 1 aliphatic heterocycles. The van der Waals surface area contributed by atoms with Gasteiger partial charge in [0.25, 0.3) is 0 Å². The molecule has 6 rings (SSSR count). The molecule has 2 aromatic heterocycles. The van der Waals surface area contributed by atoms with Crippen LogP contribution in [0.3, 0.4) is 0 Å². The summed E-state index contributed by atoms with van der Waals surface area (Å²) in [5.41, 5.74) is 6.93. The normalized spacial score (nSPS) is 13.3. The Morgan fingerprint density at radius 1 is 0.822 bits per heavy atom. The van der Waals surface area contributed by atoms with Gasteiger partial charge in [0.1, 0.15) is 6.04 Å².